The molecule has 8 heteroatoms. The van der Waals surface area contributed by atoms with Gasteiger partial charge in [-0.05, 0) is 6.92 Å². The molecule has 8 nitrogen and oxygen atoms in total. The van der Waals surface area contributed by atoms with Gasteiger partial charge in [0.15, 0.2) is 11.7 Å². The molecule has 1 amide bonds. The molecule has 1 unspecified atom stereocenters. The van der Waals surface area contributed by atoms with E-state index < -0.39 is 5.92 Å². The van der Waals surface area contributed by atoms with Gasteiger partial charge >= 0.3 is 0 Å². The van der Waals surface area contributed by atoms with Crippen molar-refractivity contribution >= 4 is 11.7 Å². The van der Waals surface area contributed by atoms with Crippen LogP contribution in [-0.4, -0.2) is 31.7 Å². The summed E-state index contributed by atoms with van der Waals surface area (Å²) in [6.07, 6.45) is 1.54. The highest BCUT2D eigenvalue weighted by molar-refractivity contribution is 6.01. The Bertz CT molecular complexity index is 399. The largest absolute Gasteiger partial charge is 0.409 e. The molecule has 0 saturated carbocycles. The van der Waals surface area contributed by atoms with Gasteiger partial charge in [0.2, 0.25) is 5.91 Å². The van der Waals surface area contributed by atoms with Crippen LogP contribution < -0.4 is 11.1 Å². The molecule has 0 aliphatic heterocycles. The van der Waals surface area contributed by atoms with Crippen LogP contribution in [0.4, 0.5) is 0 Å². The molecule has 0 bridgehead atoms. The molecule has 1 heterocycles. The van der Waals surface area contributed by atoms with E-state index >= 15 is 0 Å². The zero-order valence-electron chi connectivity index (χ0n) is 9.08. The minimum Gasteiger partial charge on any atom is -0.409 e. The van der Waals surface area contributed by atoms with E-state index in [1.807, 2.05) is 0 Å². The van der Waals surface area contributed by atoms with Gasteiger partial charge in [0.05, 0.1) is 12.5 Å². The number of amides is 1. The van der Waals surface area contributed by atoms with Crippen LogP contribution in [0.25, 0.3) is 0 Å². The van der Waals surface area contributed by atoms with Crippen molar-refractivity contribution in [3.63, 3.8) is 0 Å². The zero-order chi connectivity index (χ0) is 12.1. The third-order valence-corrected chi connectivity index (χ3v) is 2.02. The van der Waals surface area contributed by atoms with Crippen molar-refractivity contribution in [3.05, 3.63) is 12.2 Å². The maximum atomic E-state index is 11.5. The molecule has 0 aliphatic rings. The molecular weight excluding hydrogens is 212 g/mol. The van der Waals surface area contributed by atoms with E-state index in [9.17, 15) is 4.79 Å². The summed E-state index contributed by atoms with van der Waals surface area (Å²) >= 11 is 0. The fourth-order valence-electron chi connectivity index (χ4n) is 1.01. The lowest BCUT2D eigenvalue weighted by molar-refractivity contribution is -0.122. The highest BCUT2D eigenvalue weighted by Crippen LogP contribution is 1.96. The first-order valence-electron chi connectivity index (χ1n) is 4.64. The monoisotopic (exact) mass is 226 g/mol. The summed E-state index contributed by atoms with van der Waals surface area (Å²) in [5.41, 5.74) is 5.29. The van der Waals surface area contributed by atoms with Crippen molar-refractivity contribution in [1.29, 1.82) is 0 Å². The quantitative estimate of drug-likeness (QED) is 0.258. The standard InChI is InChI=1S/C8H14N6O2/c1-5(7(9)13-16)8(15)10-3-6-11-4-14(2)12-6/h4-5,16H,3H2,1-2H3,(H2,9,13)(H,10,15). The molecule has 1 aromatic rings. The lowest BCUT2D eigenvalue weighted by atomic mass is 10.1. The normalized spacial score (nSPS) is 13.5. The van der Waals surface area contributed by atoms with Gasteiger partial charge in [-0.25, -0.2) is 4.98 Å². The van der Waals surface area contributed by atoms with E-state index in [0.29, 0.717) is 5.82 Å². The van der Waals surface area contributed by atoms with Gasteiger partial charge in [0, 0.05) is 7.05 Å². The Hall–Kier alpha value is -2.12. The van der Waals surface area contributed by atoms with Crippen molar-refractivity contribution in [3.8, 4) is 0 Å². The summed E-state index contributed by atoms with van der Waals surface area (Å²) < 4.78 is 1.54. The molecule has 0 aliphatic carbocycles. The average molecular weight is 226 g/mol. The number of aromatic nitrogens is 3. The average Bonchev–Trinajstić information content (AvgIpc) is 2.69. The van der Waals surface area contributed by atoms with E-state index in [-0.39, 0.29) is 18.3 Å². The Kier molecular flexibility index (Phi) is 3.81. The molecule has 0 fully saturated rings. The van der Waals surface area contributed by atoms with E-state index in [2.05, 4.69) is 20.6 Å². The highest BCUT2D eigenvalue weighted by Gasteiger charge is 2.17. The number of carbonyl (C=O) groups is 1. The third kappa shape index (κ3) is 2.94. The first kappa shape index (κ1) is 12.0. The van der Waals surface area contributed by atoms with Crippen molar-refractivity contribution in [2.24, 2.45) is 23.9 Å². The Morgan fingerprint density at radius 2 is 2.50 bits per heavy atom. The minimum absolute atomic E-state index is 0.133. The lowest BCUT2D eigenvalue weighted by Crippen LogP contribution is -2.37. The van der Waals surface area contributed by atoms with Gasteiger partial charge in [-0.1, -0.05) is 5.16 Å². The Labute approximate surface area is 92.1 Å². The van der Waals surface area contributed by atoms with Crippen LogP contribution in [0.2, 0.25) is 0 Å². The molecule has 0 spiro atoms. The maximum Gasteiger partial charge on any atom is 0.230 e. The fraction of sp³-hybridized carbons (Fsp3) is 0.500. The molecule has 0 radical (unpaired) electrons. The number of hydrogen-bond acceptors (Lipinski definition) is 5. The Morgan fingerprint density at radius 3 is 3.00 bits per heavy atom. The van der Waals surface area contributed by atoms with Crippen molar-refractivity contribution in [2.75, 3.05) is 0 Å². The number of amidine groups is 1. The predicted molar refractivity (Wildman–Crippen MR) is 55.4 cm³/mol. The van der Waals surface area contributed by atoms with Crippen LogP contribution >= 0.6 is 0 Å². The number of oxime groups is 1. The van der Waals surface area contributed by atoms with Gasteiger partial charge in [-0.15, -0.1) is 0 Å². The number of aryl methyl sites for hydroxylation is 1. The van der Waals surface area contributed by atoms with Crippen molar-refractivity contribution < 1.29 is 10.0 Å². The number of carbonyl (C=O) groups excluding carboxylic acids is 1. The number of nitrogens with two attached hydrogens (primary N) is 1. The fourth-order valence-corrected chi connectivity index (χ4v) is 1.01. The molecule has 0 saturated heterocycles. The molecule has 1 aromatic heterocycles. The highest BCUT2D eigenvalue weighted by atomic mass is 16.4. The van der Waals surface area contributed by atoms with E-state index in [4.69, 9.17) is 10.9 Å². The summed E-state index contributed by atoms with van der Waals surface area (Å²) in [4.78, 5) is 15.4. The second-order valence-electron chi connectivity index (χ2n) is 3.30. The van der Waals surface area contributed by atoms with E-state index in [1.165, 1.54) is 17.9 Å². The lowest BCUT2D eigenvalue weighted by Gasteiger charge is -2.08. The second kappa shape index (κ2) is 5.10. The van der Waals surface area contributed by atoms with E-state index in [1.54, 1.807) is 7.05 Å². The molecule has 1 atom stereocenters. The van der Waals surface area contributed by atoms with Crippen molar-refractivity contribution in [2.45, 2.75) is 13.5 Å². The number of hydrogen-bond donors (Lipinski definition) is 3. The summed E-state index contributed by atoms with van der Waals surface area (Å²) in [6.45, 7) is 1.75. The Morgan fingerprint density at radius 1 is 1.81 bits per heavy atom. The minimum atomic E-state index is -0.686. The smallest absolute Gasteiger partial charge is 0.230 e. The summed E-state index contributed by atoms with van der Waals surface area (Å²) in [6, 6.07) is 0. The predicted octanol–water partition coefficient (Wildman–Crippen LogP) is -1.19. The molecule has 88 valence electrons. The number of nitrogens with one attached hydrogen (secondary N) is 1. The SMILES string of the molecule is CC(C(=O)NCc1ncn(C)n1)C(N)=NO. The summed E-state index contributed by atoms with van der Waals surface area (Å²) in [7, 11) is 1.73. The summed E-state index contributed by atoms with van der Waals surface area (Å²) in [5.74, 6) is -0.662. The van der Waals surface area contributed by atoms with Gasteiger partial charge in [-0.2, -0.15) is 5.10 Å². The van der Waals surface area contributed by atoms with Crippen LogP contribution in [0, 0.1) is 5.92 Å². The van der Waals surface area contributed by atoms with Crippen LogP contribution in [0.15, 0.2) is 11.5 Å². The second-order valence-corrected chi connectivity index (χ2v) is 3.30. The molecule has 16 heavy (non-hydrogen) atoms. The van der Waals surface area contributed by atoms with Crippen LogP contribution in [-0.2, 0) is 18.4 Å². The first-order valence-corrected chi connectivity index (χ1v) is 4.64. The van der Waals surface area contributed by atoms with Gasteiger partial charge < -0.3 is 16.3 Å². The Balaban J connectivity index is 2.47. The third-order valence-electron chi connectivity index (χ3n) is 2.02. The van der Waals surface area contributed by atoms with Gasteiger partial charge in [-0.3, -0.25) is 9.48 Å². The van der Waals surface area contributed by atoms with Gasteiger partial charge in [0.25, 0.3) is 0 Å². The molecule has 4 N–H and O–H groups in total. The number of rotatable bonds is 4. The molecule has 1 rings (SSSR count). The van der Waals surface area contributed by atoms with Gasteiger partial charge in [0.1, 0.15) is 6.33 Å². The van der Waals surface area contributed by atoms with Crippen LogP contribution in [0.5, 0.6) is 0 Å². The maximum absolute atomic E-state index is 11.5. The molecular formula is C8H14N6O2. The topological polar surface area (TPSA) is 118 Å². The molecule has 0 aromatic carbocycles. The first-order chi connectivity index (χ1) is 7.54. The summed E-state index contributed by atoms with van der Waals surface area (Å²) in [5, 5.41) is 17.7. The van der Waals surface area contributed by atoms with Crippen LogP contribution in [0.3, 0.4) is 0 Å². The van der Waals surface area contributed by atoms with Crippen LogP contribution in [0.1, 0.15) is 12.7 Å². The van der Waals surface area contributed by atoms with E-state index in [0.717, 1.165) is 0 Å². The zero-order valence-corrected chi connectivity index (χ0v) is 9.08. The van der Waals surface area contributed by atoms with Crippen molar-refractivity contribution in [1.82, 2.24) is 20.1 Å². The number of nitrogens with zero attached hydrogens (tertiary/aromatic N) is 4.